The number of carbonyl (C=O) groups excluding carboxylic acids is 1. The molecule has 0 bridgehead atoms. The second-order valence-electron chi connectivity index (χ2n) is 12.3. The second kappa shape index (κ2) is 18.1. The minimum atomic E-state index is -0.149. The fourth-order valence-corrected chi connectivity index (χ4v) is 5.57. The molecule has 4 aromatic carbocycles. The summed E-state index contributed by atoms with van der Waals surface area (Å²) >= 11 is 4.64. The minimum absolute atomic E-state index is 0.0254. The number of carbonyl (C=O) groups is 1. The van der Waals surface area contributed by atoms with Gasteiger partial charge in [-0.3, -0.25) is 4.79 Å². The van der Waals surface area contributed by atoms with Gasteiger partial charge in [-0.2, -0.15) is 5.26 Å². The van der Waals surface area contributed by atoms with Crippen LogP contribution < -0.4 is 20.1 Å². The molecule has 0 aliphatic carbocycles. The van der Waals surface area contributed by atoms with Crippen LogP contribution >= 0.6 is 11.6 Å². The van der Waals surface area contributed by atoms with E-state index in [0.29, 0.717) is 31.2 Å². The van der Waals surface area contributed by atoms with Crippen molar-refractivity contribution in [3.05, 3.63) is 118 Å². The molecule has 1 aliphatic heterocycles. The molecule has 5 rings (SSSR count). The van der Waals surface area contributed by atoms with Crippen LogP contribution in [0.15, 0.2) is 84.9 Å². The number of hydrogen-bond donors (Lipinski definition) is 2. The van der Waals surface area contributed by atoms with Gasteiger partial charge in [0.05, 0.1) is 18.2 Å². The fraction of sp³-hybridized carbons (Fsp3) is 0.350. The van der Waals surface area contributed by atoms with Gasteiger partial charge in [-0.25, -0.2) is 0 Å². The van der Waals surface area contributed by atoms with E-state index < -0.39 is 0 Å². The molecule has 1 amide bonds. The van der Waals surface area contributed by atoms with Crippen molar-refractivity contribution < 1.29 is 14.3 Å². The third-order valence-corrected chi connectivity index (χ3v) is 8.24. The maximum atomic E-state index is 12.7. The Balaban J connectivity index is 0.00000245. The molecular weight excluding hydrogens is 606 g/mol. The van der Waals surface area contributed by atoms with E-state index in [1.165, 1.54) is 17.5 Å². The van der Waals surface area contributed by atoms with Gasteiger partial charge in [-0.15, -0.1) is 11.6 Å². The van der Waals surface area contributed by atoms with E-state index >= 15 is 0 Å². The summed E-state index contributed by atoms with van der Waals surface area (Å²) in [5, 5.41) is 15.4. The van der Waals surface area contributed by atoms with Crippen molar-refractivity contribution in [2.45, 2.75) is 59.1 Å². The van der Waals surface area contributed by atoms with E-state index in [1.807, 2.05) is 24.3 Å². The van der Waals surface area contributed by atoms with Gasteiger partial charge in [0.2, 0.25) is 5.91 Å². The highest BCUT2D eigenvalue weighted by molar-refractivity contribution is 6.15. The first-order valence-electron chi connectivity index (χ1n) is 16.3. The number of nitrogens with zero attached hydrogens (tertiary/aromatic N) is 1. The van der Waals surface area contributed by atoms with Gasteiger partial charge < -0.3 is 20.1 Å². The lowest BCUT2D eigenvalue weighted by molar-refractivity contribution is -0.120. The Hall–Kier alpha value is -4.31. The van der Waals surface area contributed by atoms with Gasteiger partial charge in [-0.1, -0.05) is 86.5 Å². The smallest absolute Gasteiger partial charge is 0.233 e. The van der Waals surface area contributed by atoms with Crippen LogP contribution in [0, 0.1) is 24.2 Å². The van der Waals surface area contributed by atoms with Crippen LogP contribution in [0.4, 0.5) is 0 Å². The van der Waals surface area contributed by atoms with Crippen molar-refractivity contribution in [3.8, 4) is 28.7 Å². The number of amides is 1. The first kappa shape index (κ1) is 35.5. The number of benzene rings is 4. The van der Waals surface area contributed by atoms with Crippen LogP contribution in [0.25, 0.3) is 11.1 Å². The van der Waals surface area contributed by atoms with Crippen LogP contribution in [0.5, 0.6) is 11.5 Å². The van der Waals surface area contributed by atoms with Crippen molar-refractivity contribution in [1.29, 1.82) is 5.26 Å². The largest absolute Gasteiger partial charge is 0.485 e. The summed E-state index contributed by atoms with van der Waals surface area (Å²) in [7, 11) is 0. The number of rotatable bonds is 13. The monoisotopic (exact) mass is 651 g/mol. The van der Waals surface area contributed by atoms with Gasteiger partial charge in [0.15, 0.2) is 17.6 Å². The lowest BCUT2D eigenvalue weighted by Gasteiger charge is -2.28. The van der Waals surface area contributed by atoms with Gasteiger partial charge >= 0.3 is 0 Å². The SMILES string of the molecule is CCl.Cc1ccc(C2COc3cc(CCCC(C)C)c(CNCC(=O)NCCc4ccc(-c5ccc(C#N)cc5)cc4)cc3O2)cc1. The third-order valence-electron chi connectivity index (χ3n) is 8.24. The first-order chi connectivity index (χ1) is 22.9. The van der Waals surface area contributed by atoms with Crippen molar-refractivity contribution in [2.24, 2.45) is 5.92 Å². The van der Waals surface area contributed by atoms with E-state index in [-0.39, 0.29) is 18.6 Å². The maximum Gasteiger partial charge on any atom is 0.233 e. The van der Waals surface area contributed by atoms with E-state index in [0.717, 1.165) is 65.0 Å². The molecule has 1 atom stereocenters. The van der Waals surface area contributed by atoms with Crippen LogP contribution in [0.2, 0.25) is 0 Å². The number of ether oxygens (including phenoxy) is 2. The van der Waals surface area contributed by atoms with Crippen LogP contribution in [-0.4, -0.2) is 32.0 Å². The standard InChI is InChI=1S/C39H43N3O3.CH3Cl/c1-27(2)5-4-6-34-21-36-37(45-38(26-44-36)33-13-7-28(3)8-14-33)22-35(34)24-41-25-39(43)42-20-19-29-9-15-31(16-10-29)32-17-11-30(23-40)12-18-32;1-2/h7-18,21-22,27,38,41H,4-6,19-20,24-26H2,1-3H3,(H,42,43);1H3. The summed E-state index contributed by atoms with van der Waals surface area (Å²) in [5.41, 5.74) is 8.69. The van der Waals surface area contributed by atoms with Gasteiger partial charge in [0, 0.05) is 19.5 Å². The number of halogens is 1. The molecule has 0 spiro atoms. The average molecular weight is 652 g/mol. The lowest BCUT2D eigenvalue weighted by atomic mass is 9.97. The molecule has 47 heavy (non-hydrogen) atoms. The van der Waals surface area contributed by atoms with E-state index in [2.05, 4.69) is 110 Å². The highest BCUT2D eigenvalue weighted by atomic mass is 35.5. The molecule has 0 saturated carbocycles. The van der Waals surface area contributed by atoms with E-state index in [1.54, 1.807) is 0 Å². The van der Waals surface area contributed by atoms with E-state index in [9.17, 15) is 4.79 Å². The van der Waals surface area contributed by atoms with Crippen LogP contribution in [0.1, 0.15) is 66.2 Å². The number of nitrogens with one attached hydrogen (secondary N) is 2. The van der Waals surface area contributed by atoms with Crippen molar-refractivity contribution in [3.63, 3.8) is 0 Å². The van der Waals surface area contributed by atoms with Crippen LogP contribution in [0.3, 0.4) is 0 Å². The Morgan fingerprint density at radius 3 is 2.23 bits per heavy atom. The normalized spacial score (nSPS) is 13.3. The highest BCUT2D eigenvalue weighted by Gasteiger charge is 2.24. The summed E-state index contributed by atoms with van der Waals surface area (Å²) in [6.07, 6.45) is 5.30. The number of fused-ring (bicyclic) bond motifs is 1. The molecule has 6 nitrogen and oxygen atoms in total. The molecule has 0 fully saturated rings. The highest BCUT2D eigenvalue weighted by Crippen LogP contribution is 2.39. The molecule has 1 aliphatic rings. The lowest BCUT2D eigenvalue weighted by Crippen LogP contribution is -2.34. The predicted octanol–water partition coefficient (Wildman–Crippen LogP) is 8.33. The van der Waals surface area contributed by atoms with Gasteiger partial charge in [0.25, 0.3) is 0 Å². The van der Waals surface area contributed by atoms with Crippen molar-refractivity contribution >= 4 is 17.5 Å². The summed E-state index contributed by atoms with van der Waals surface area (Å²) in [6.45, 7) is 8.46. The molecule has 4 aromatic rings. The Morgan fingerprint density at radius 1 is 0.915 bits per heavy atom. The Bertz CT molecular complexity index is 1610. The number of nitriles is 1. The predicted molar refractivity (Wildman–Crippen MR) is 191 cm³/mol. The Kier molecular flexibility index (Phi) is 13.7. The first-order valence-corrected chi connectivity index (χ1v) is 17.1. The van der Waals surface area contributed by atoms with Gasteiger partial charge in [-0.05, 0) is 89.8 Å². The van der Waals surface area contributed by atoms with Crippen LogP contribution in [-0.2, 0) is 24.2 Å². The Morgan fingerprint density at radius 2 is 1.57 bits per heavy atom. The summed E-state index contributed by atoms with van der Waals surface area (Å²) in [6, 6.07) is 30.7. The quantitative estimate of drug-likeness (QED) is 0.142. The van der Waals surface area contributed by atoms with Gasteiger partial charge in [0.1, 0.15) is 6.61 Å². The molecular formula is C40H46ClN3O3. The molecule has 0 saturated heterocycles. The molecule has 1 heterocycles. The fourth-order valence-electron chi connectivity index (χ4n) is 5.57. The summed E-state index contributed by atoms with van der Waals surface area (Å²) in [5.74, 6) is 2.18. The zero-order valence-corrected chi connectivity index (χ0v) is 28.7. The van der Waals surface area contributed by atoms with E-state index in [4.69, 9.17) is 14.7 Å². The third kappa shape index (κ3) is 10.6. The molecule has 246 valence electrons. The van der Waals surface area contributed by atoms with Crippen molar-refractivity contribution in [2.75, 3.05) is 26.1 Å². The minimum Gasteiger partial charge on any atom is -0.485 e. The number of aryl methyl sites for hydroxylation is 2. The maximum absolute atomic E-state index is 12.7. The topological polar surface area (TPSA) is 83.4 Å². The zero-order valence-electron chi connectivity index (χ0n) is 27.9. The number of alkyl halides is 1. The molecule has 0 radical (unpaired) electrons. The second-order valence-corrected chi connectivity index (χ2v) is 12.3. The number of hydrogen-bond acceptors (Lipinski definition) is 5. The van der Waals surface area contributed by atoms with Crippen molar-refractivity contribution in [1.82, 2.24) is 10.6 Å². The average Bonchev–Trinajstić information content (AvgIpc) is 3.09. The Labute approximate surface area is 285 Å². The molecule has 1 unspecified atom stereocenters. The molecule has 2 N–H and O–H groups in total. The molecule has 0 aromatic heterocycles. The summed E-state index contributed by atoms with van der Waals surface area (Å²) in [4.78, 5) is 12.7. The summed E-state index contributed by atoms with van der Waals surface area (Å²) < 4.78 is 12.6. The molecule has 7 heteroatoms. The zero-order chi connectivity index (χ0) is 33.6.